The molecule has 0 aliphatic carbocycles. The Kier molecular flexibility index (Phi) is 9.39. The third kappa shape index (κ3) is 8.20. The average molecular weight is 481 g/mol. The number of amides is 1. The number of para-hydroxylation sites is 2. The predicted molar refractivity (Wildman–Crippen MR) is 146 cm³/mol. The minimum Gasteiger partial charge on any atom is -0.493 e. The van der Waals surface area contributed by atoms with Gasteiger partial charge in [0.05, 0.1) is 25.4 Å². The van der Waals surface area contributed by atoms with Crippen molar-refractivity contribution in [3.63, 3.8) is 0 Å². The summed E-state index contributed by atoms with van der Waals surface area (Å²) in [4.78, 5) is 12.5. The van der Waals surface area contributed by atoms with E-state index in [1.807, 2.05) is 84.9 Å². The molecule has 0 bridgehead atoms. The van der Waals surface area contributed by atoms with Crippen LogP contribution in [0.25, 0.3) is 0 Å². The summed E-state index contributed by atoms with van der Waals surface area (Å²) in [6.45, 7) is 1.35. The van der Waals surface area contributed by atoms with Crippen LogP contribution in [-0.2, 0) is 17.6 Å². The molecule has 0 radical (unpaired) electrons. The first kappa shape index (κ1) is 24.9. The molecule has 4 aromatic carbocycles. The standard InChI is InChI=1S/C31H32N2O3/c34-31(24-32-27-17-19-28(20-18-27)35-23-21-26-12-5-2-6-13-26)33-29-15-7-8-16-30(29)36-22-9-14-25-10-3-1-4-11-25/h1-8,10-13,15-20,32H,9,14,21-24H2,(H,33,34). The van der Waals surface area contributed by atoms with Gasteiger partial charge < -0.3 is 20.1 Å². The summed E-state index contributed by atoms with van der Waals surface area (Å²) in [6.07, 6.45) is 2.72. The molecule has 5 heteroatoms. The molecule has 4 aromatic rings. The van der Waals surface area contributed by atoms with Crippen LogP contribution in [0.4, 0.5) is 11.4 Å². The van der Waals surface area contributed by atoms with Gasteiger partial charge in [-0.25, -0.2) is 0 Å². The highest BCUT2D eigenvalue weighted by molar-refractivity contribution is 5.95. The first-order valence-electron chi connectivity index (χ1n) is 12.3. The maximum absolute atomic E-state index is 12.5. The van der Waals surface area contributed by atoms with E-state index in [1.54, 1.807) is 0 Å². The molecule has 5 nitrogen and oxygen atoms in total. The molecule has 2 N–H and O–H groups in total. The van der Waals surface area contributed by atoms with Crippen molar-refractivity contribution in [3.8, 4) is 11.5 Å². The second-order valence-corrected chi connectivity index (χ2v) is 8.44. The highest BCUT2D eigenvalue weighted by Gasteiger charge is 2.08. The molecule has 0 saturated carbocycles. The van der Waals surface area contributed by atoms with Gasteiger partial charge in [0.25, 0.3) is 0 Å². The highest BCUT2D eigenvalue weighted by atomic mass is 16.5. The number of rotatable bonds is 13. The SMILES string of the molecule is O=C(CNc1ccc(OCCc2ccccc2)cc1)Nc1ccccc1OCCCc1ccccc1. The van der Waals surface area contributed by atoms with Gasteiger partial charge in [-0.1, -0.05) is 72.8 Å². The lowest BCUT2D eigenvalue weighted by molar-refractivity contribution is -0.114. The molecule has 0 unspecified atom stereocenters. The number of nitrogens with one attached hydrogen (secondary N) is 2. The topological polar surface area (TPSA) is 59.6 Å². The number of anilines is 2. The van der Waals surface area contributed by atoms with Crippen LogP contribution < -0.4 is 20.1 Å². The first-order chi connectivity index (χ1) is 17.8. The third-order valence-electron chi connectivity index (χ3n) is 5.68. The zero-order valence-electron chi connectivity index (χ0n) is 20.4. The Balaban J connectivity index is 1.18. The Morgan fingerprint density at radius 3 is 2.00 bits per heavy atom. The van der Waals surface area contributed by atoms with Gasteiger partial charge in [-0.2, -0.15) is 0 Å². The van der Waals surface area contributed by atoms with Gasteiger partial charge in [0.15, 0.2) is 0 Å². The molecule has 4 rings (SSSR count). The number of hydrogen-bond donors (Lipinski definition) is 2. The predicted octanol–water partition coefficient (Wildman–Crippen LogP) is 6.37. The quantitative estimate of drug-likeness (QED) is 0.218. The van der Waals surface area contributed by atoms with Crippen LogP contribution in [0.2, 0.25) is 0 Å². The minimum absolute atomic E-state index is 0.140. The molecule has 0 fully saturated rings. The maximum atomic E-state index is 12.5. The number of hydrogen-bond acceptors (Lipinski definition) is 4. The molecule has 0 aromatic heterocycles. The summed E-state index contributed by atoms with van der Waals surface area (Å²) in [5.41, 5.74) is 4.07. The fourth-order valence-corrected chi connectivity index (χ4v) is 3.78. The zero-order chi connectivity index (χ0) is 24.8. The maximum Gasteiger partial charge on any atom is 0.243 e. The number of carbonyl (C=O) groups is 1. The summed E-state index contributed by atoms with van der Waals surface area (Å²) >= 11 is 0. The van der Waals surface area contributed by atoms with E-state index in [1.165, 1.54) is 11.1 Å². The Bertz CT molecular complexity index is 1200. The van der Waals surface area contributed by atoms with Crippen molar-refractivity contribution in [2.75, 3.05) is 30.4 Å². The largest absolute Gasteiger partial charge is 0.493 e. The Hall–Kier alpha value is -4.25. The molecule has 36 heavy (non-hydrogen) atoms. The van der Waals surface area contributed by atoms with Crippen molar-refractivity contribution >= 4 is 17.3 Å². The summed E-state index contributed by atoms with van der Waals surface area (Å²) in [6, 6.07) is 35.8. The minimum atomic E-state index is -0.140. The molecule has 0 spiro atoms. The molecule has 1 amide bonds. The molecule has 0 atom stereocenters. The molecule has 0 heterocycles. The fourth-order valence-electron chi connectivity index (χ4n) is 3.78. The van der Waals surface area contributed by atoms with E-state index >= 15 is 0 Å². The number of benzene rings is 4. The first-order valence-corrected chi connectivity index (χ1v) is 12.3. The van der Waals surface area contributed by atoms with E-state index < -0.39 is 0 Å². The van der Waals surface area contributed by atoms with Gasteiger partial charge in [0.1, 0.15) is 11.5 Å². The molecular formula is C31H32N2O3. The van der Waals surface area contributed by atoms with E-state index in [2.05, 4.69) is 34.9 Å². The smallest absolute Gasteiger partial charge is 0.243 e. The molecule has 0 aliphatic rings. The lowest BCUT2D eigenvalue weighted by atomic mass is 10.1. The van der Waals surface area contributed by atoms with Crippen LogP contribution >= 0.6 is 0 Å². The Morgan fingerprint density at radius 1 is 0.639 bits per heavy atom. The summed E-state index contributed by atoms with van der Waals surface area (Å²) < 4.78 is 11.8. The van der Waals surface area contributed by atoms with Crippen LogP contribution in [0.15, 0.2) is 109 Å². The van der Waals surface area contributed by atoms with Crippen LogP contribution in [0, 0.1) is 0 Å². The van der Waals surface area contributed by atoms with E-state index in [-0.39, 0.29) is 12.5 Å². The van der Waals surface area contributed by atoms with Gasteiger partial charge in [-0.15, -0.1) is 0 Å². The van der Waals surface area contributed by atoms with Crippen molar-refractivity contribution < 1.29 is 14.3 Å². The van der Waals surface area contributed by atoms with Crippen molar-refractivity contribution in [1.29, 1.82) is 0 Å². The fraction of sp³-hybridized carbons (Fsp3) is 0.194. The molecule has 0 saturated heterocycles. The summed E-state index contributed by atoms with van der Waals surface area (Å²) in [5, 5.41) is 6.10. The van der Waals surface area contributed by atoms with E-state index in [4.69, 9.17) is 9.47 Å². The highest BCUT2D eigenvalue weighted by Crippen LogP contribution is 2.24. The number of ether oxygens (including phenoxy) is 2. The van der Waals surface area contributed by atoms with Crippen molar-refractivity contribution in [2.45, 2.75) is 19.3 Å². The molecule has 184 valence electrons. The van der Waals surface area contributed by atoms with Gasteiger partial charge in [-0.3, -0.25) is 4.79 Å². The summed E-state index contributed by atoms with van der Waals surface area (Å²) in [7, 11) is 0. The van der Waals surface area contributed by atoms with Crippen LogP contribution in [-0.4, -0.2) is 25.7 Å². The second kappa shape index (κ2) is 13.6. The second-order valence-electron chi connectivity index (χ2n) is 8.44. The van der Waals surface area contributed by atoms with Crippen molar-refractivity contribution in [1.82, 2.24) is 0 Å². The third-order valence-corrected chi connectivity index (χ3v) is 5.68. The van der Waals surface area contributed by atoms with Crippen molar-refractivity contribution in [2.24, 2.45) is 0 Å². The van der Waals surface area contributed by atoms with Gasteiger partial charge in [0.2, 0.25) is 5.91 Å². The van der Waals surface area contributed by atoms with Crippen LogP contribution in [0.5, 0.6) is 11.5 Å². The molecule has 0 aliphatic heterocycles. The van der Waals surface area contributed by atoms with Crippen molar-refractivity contribution in [3.05, 3.63) is 120 Å². The lowest BCUT2D eigenvalue weighted by Gasteiger charge is -2.13. The number of carbonyl (C=O) groups excluding carboxylic acids is 1. The van der Waals surface area contributed by atoms with Gasteiger partial charge >= 0.3 is 0 Å². The van der Waals surface area contributed by atoms with Crippen LogP contribution in [0.3, 0.4) is 0 Å². The van der Waals surface area contributed by atoms with Crippen LogP contribution in [0.1, 0.15) is 17.5 Å². The zero-order valence-corrected chi connectivity index (χ0v) is 20.4. The Labute approximate surface area is 213 Å². The summed E-state index contributed by atoms with van der Waals surface area (Å²) in [5.74, 6) is 1.34. The lowest BCUT2D eigenvalue weighted by Crippen LogP contribution is -2.22. The number of aryl methyl sites for hydroxylation is 1. The molecular weight excluding hydrogens is 448 g/mol. The van der Waals surface area contributed by atoms with E-state index in [0.717, 1.165) is 30.7 Å². The van der Waals surface area contributed by atoms with Gasteiger partial charge in [0, 0.05) is 12.1 Å². The van der Waals surface area contributed by atoms with E-state index in [9.17, 15) is 4.79 Å². The average Bonchev–Trinajstić information content (AvgIpc) is 2.93. The van der Waals surface area contributed by atoms with Gasteiger partial charge in [-0.05, 0) is 60.4 Å². The normalized spacial score (nSPS) is 10.4. The van der Waals surface area contributed by atoms with E-state index in [0.29, 0.717) is 24.7 Å². The Morgan fingerprint density at radius 2 is 1.28 bits per heavy atom. The monoisotopic (exact) mass is 480 g/mol.